The van der Waals surface area contributed by atoms with Crippen LogP contribution in [-0.2, 0) is 9.84 Å². The van der Waals surface area contributed by atoms with E-state index in [1.54, 1.807) is 13.8 Å². The van der Waals surface area contributed by atoms with Gasteiger partial charge in [-0.15, -0.1) is 0 Å². The van der Waals surface area contributed by atoms with Gasteiger partial charge in [-0.25, -0.2) is 8.42 Å². The Morgan fingerprint density at radius 2 is 1.78 bits per heavy atom. The van der Waals surface area contributed by atoms with Gasteiger partial charge < -0.3 is 5.32 Å². The van der Waals surface area contributed by atoms with Crippen molar-refractivity contribution in [1.82, 2.24) is 5.32 Å². The number of hydrogen-bond acceptors (Lipinski definition) is 3. The molecular weight excluding hydrogens is 246 g/mol. The van der Waals surface area contributed by atoms with Gasteiger partial charge in [0, 0.05) is 12.6 Å². The highest BCUT2D eigenvalue weighted by molar-refractivity contribution is 7.91. The molecular formula is C14H29NO2S. The lowest BCUT2D eigenvalue weighted by atomic mass is 9.77. The molecule has 0 saturated heterocycles. The van der Waals surface area contributed by atoms with Crippen LogP contribution in [-0.4, -0.2) is 32.0 Å². The van der Waals surface area contributed by atoms with Crippen molar-refractivity contribution in [2.75, 3.05) is 12.3 Å². The molecule has 0 heterocycles. The van der Waals surface area contributed by atoms with Crippen LogP contribution in [0.15, 0.2) is 0 Å². The highest BCUT2D eigenvalue weighted by atomic mass is 32.2. The summed E-state index contributed by atoms with van der Waals surface area (Å²) in [6.07, 6.45) is 3.31. The average molecular weight is 275 g/mol. The molecule has 1 aliphatic rings. The molecule has 1 N–H and O–H groups in total. The van der Waals surface area contributed by atoms with Crippen molar-refractivity contribution in [2.45, 2.75) is 65.2 Å². The van der Waals surface area contributed by atoms with E-state index in [0.717, 1.165) is 13.0 Å². The molecule has 0 radical (unpaired) electrons. The Hall–Kier alpha value is -0.0900. The van der Waals surface area contributed by atoms with Crippen LogP contribution in [0.4, 0.5) is 0 Å². The van der Waals surface area contributed by atoms with E-state index >= 15 is 0 Å². The van der Waals surface area contributed by atoms with Crippen molar-refractivity contribution < 1.29 is 8.42 Å². The van der Waals surface area contributed by atoms with Gasteiger partial charge in [0.05, 0.1) is 11.0 Å². The molecule has 1 fully saturated rings. The molecule has 1 saturated carbocycles. The molecule has 108 valence electrons. The monoisotopic (exact) mass is 275 g/mol. The molecule has 0 amide bonds. The standard InChI is InChI=1S/C14H29NO2S/c1-11(2)14(5,10-15-13-6-7-13)8-9-18(16,17)12(3)4/h11-13,15H,6-10H2,1-5H3. The fraction of sp³-hybridized carbons (Fsp3) is 1.00. The molecule has 1 unspecified atom stereocenters. The lowest BCUT2D eigenvalue weighted by Crippen LogP contribution is -2.39. The van der Waals surface area contributed by atoms with Gasteiger partial charge in [-0.1, -0.05) is 20.8 Å². The van der Waals surface area contributed by atoms with Crippen LogP contribution >= 0.6 is 0 Å². The maximum atomic E-state index is 11.9. The smallest absolute Gasteiger partial charge is 0.152 e. The highest BCUT2D eigenvalue weighted by Gasteiger charge is 2.33. The third kappa shape index (κ3) is 4.54. The van der Waals surface area contributed by atoms with Gasteiger partial charge in [-0.2, -0.15) is 0 Å². The Bertz CT molecular complexity index is 358. The zero-order chi connectivity index (χ0) is 14.0. The lowest BCUT2D eigenvalue weighted by Gasteiger charge is -2.34. The Morgan fingerprint density at radius 1 is 1.22 bits per heavy atom. The van der Waals surface area contributed by atoms with Crippen LogP contribution < -0.4 is 5.32 Å². The fourth-order valence-electron chi connectivity index (χ4n) is 1.86. The van der Waals surface area contributed by atoms with E-state index < -0.39 is 9.84 Å². The van der Waals surface area contributed by atoms with Gasteiger partial charge in [-0.3, -0.25) is 0 Å². The Kier molecular flexibility index (Phi) is 5.24. The molecule has 0 bridgehead atoms. The van der Waals surface area contributed by atoms with Crippen LogP contribution in [0.1, 0.15) is 53.9 Å². The van der Waals surface area contributed by atoms with Gasteiger partial charge in [0.15, 0.2) is 9.84 Å². The van der Waals surface area contributed by atoms with Crippen molar-refractivity contribution in [2.24, 2.45) is 11.3 Å². The van der Waals surface area contributed by atoms with Crippen molar-refractivity contribution in [3.8, 4) is 0 Å². The number of rotatable bonds is 8. The number of hydrogen-bond donors (Lipinski definition) is 1. The fourth-order valence-corrected chi connectivity index (χ4v) is 3.08. The summed E-state index contributed by atoms with van der Waals surface area (Å²) >= 11 is 0. The lowest BCUT2D eigenvalue weighted by molar-refractivity contribution is 0.200. The van der Waals surface area contributed by atoms with Gasteiger partial charge in [-0.05, 0) is 44.4 Å². The largest absolute Gasteiger partial charge is 0.313 e. The normalized spacial score (nSPS) is 20.4. The van der Waals surface area contributed by atoms with Gasteiger partial charge in [0.1, 0.15) is 0 Å². The number of nitrogens with one attached hydrogen (secondary N) is 1. The van der Waals surface area contributed by atoms with Crippen LogP contribution in [0, 0.1) is 11.3 Å². The summed E-state index contributed by atoms with van der Waals surface area (Å²) in [5.41, 5.74) is 0.0740. The molecule has 1 rings (SSSR count). The van der Waals surface area contributed by atoms with E-state index in [2.05, 4.69) is 26.1 Å². The predicted octanol–water partition coefficient (Wildman–Crippen LogP) is 2.61. The van der Waals surface area contributed by atoms with E-state index in [1.807, 2.05) is 0 Å². The van der Waals surface area contributed by atoms with Crippen LogP contribution in [0.25, 0.3) is 0 Å². The van der Waals surface area contributed by atoms with E-state index in [0.29, 0.717) is 17.7 Å². The second kappa shape index (κ2) is 5.91. The molecule has 0 aromatic rings. The SMILES string of the molecule is CC(C)C(C)(CCS(=O)(=O)C(C)C)CNC1CC1. The molecule has 3 nitrogen and oxygen atoms in total. The molecule has 1 atom stereocenters. The maximum absolute atomic E-state index is 11.9. The number of sulfone groups is 1. The van der Waals surface area contributed by atoms with Crippen molar-refractivity contribution in [3.63, 3.8) is 0 Å². The summed E-state index contributed by atoms with van der Waals surface area (Å²) in [7, 11) is -2.92. The second-order valence-corrected chi connectivity index (χ2v) is 9.31. The minimum atomic E-state index is -2.92. The van der Waals surface area contributed by atoms with Crippen molar-refractivity contribution >= 4 is 9.84 Å². The topological polar surface area (TPSA) is 46.2 Å². The highest BCUT2D eigenvalue weighted by Crippen LogP contribution is 2.32. The van der Waals surface area contributed by atoms with Crippen LogP contribution in [0.5, 0.6) is 0 Å². The molecule has 0 aromatic carbocycles. The molecule has 4 heteroatoms. The summed E-state index contributed by atoms with van der Waals surface area (Å²) in [6, 6.07) is 0.685. The van der Waals surface area contributed by atoms with E-state index in [-0.39, 0.29) is 10.7 Å². The Morgan fingerprint density at radius 3 is 2.17 bits per heavy atom. The van der Waals surface area contributed by atoms with Gasteiger partial charge in [0.2, 0.25) is 0 Å². The van der Waals surface area contributed by atoms with Gasteiger partial charge >= 0.3 is 0 Å². The summed E-state index contributed by atoms with van der Waals surface area (Å²) in [4.78, 5) is 0. The summed E-state index contributed by atoms with van der Waals surface area (Å²) in [5.74, 6) is 0.803. The minimum Gasteiger partial charge on any atom is -0.313 e. The second-order valence-electron chi connectivity index (χ2n) is 6.63. The van der Waals surface area contributed by atoms with E-state index in [9.17, 15) is 8.42 Å². The minimum absolute atomic E-state index is 0.0740. The molecule has 18 heavy (non-hydrogen) atoms. The first-order valence-electron chi connectivity index (χ1n) is 7.12. The third-order valence-corrected chi connectivity index (χ3v) is 6.65. The zero-order valence-corrected chi connectivity index (χ0v) is 13.3. The average Bonchev–Trinajstić information content (AvgIpc) is 3.07. The first-order valence-corrected chi connectivity index (χ1v) is 8.84. The van der Waals surface area contributed by atoms with E-state index in [4.69, 9.17) is 0 Å². The maximum Gasteiger partial charge on any atom is 0.152 e. The predicted molar refractivity (Wildman–Crippen MR) is 77.5 cm³/mol. The molecule has 0 aromatic heterocycles. The zero-order valence-electron chi connectivity index (χ0n) is 12.5. The summed E-state index contributed by atoms with van der Waals surface area (Å²) < 4.78 is 23.9. The first kappa shape index (κ1) is 16.0. The van der Waals surface area contributed by atoms with Gasteiger partial charge in [0.25, 0.3) is 0 Å². The molecule has 1 aliphatic carbocycles. The van der Waals surface area contributed by atoms with Crippen molar-refractivity contribution in [3.05, 3.63) is 0 Å². The van der Waals surface area contributed by atoms with Crippen LogP contribution in [0.3, 0.4) is 0 Å². The summed E-state index contributed by atoms with van der Waals surface area (Å²) in [5, 5.41) is 3.29. The van der Waals surface area contributed by atoms with E-state index in [1.165, 1.54) is 12.8 Å². The summed E-state index contributed by atoms with van der Waals surface area (Å²) in [6.45, 7) is 11.1. The first-order chi connectivity index (χ1) is 8.17. The Labute approximate surface area is 113 Å². The molecule has 0 spiro atoms. The third-order valence-electron chi connectivity index (χ3n) is 4.44. The quantitative estimate of drug-likeness (QED) is 0.740. The Balaban J connectivity index is 2.55. The molecule has 0 aliphatic heterocycles. The van der Waals surface area contributed by atoms with Crippen molar-refractivity contribution in [1.29, 1.82) is 0 Å². The van der Waals surface area contributed by atoms with Crippen LogP contribution in [0.2, 0.25) is 0 Å².